The Labute approximate surface area is 170 Å². The summed E-state index contributed by atoms with van der Waals surface area (Å²) >= 11 is 0. The van der Waals surface area contributed by atoms with Crippen LogP contribution in [0.1, 0.15) is 18.4 Å². The van der Waals surface area contributed by atoms with E-state index in [1.165, 1.54) is 0 Å². The number of hydrogen-bond donors (Lipinski definition) is 2. The third-order valence-electron chi connectivity index (χ3n) is 5.12. The molecule has 1 atom stereocenters. The lowest BCUT2D eigenvalue weighted by Crippen LogP contribution is -2.49. The summed E-state index contributed by atoms with van der Waals surface area (Å²) in [6.07, 6.45) is 1.97. The fourth-order valence-electron chi connectivity index (χ4n) is 3.67. The zero-order valence-corrected chi connectivity index (χ0v) is 16.6. The van der Waals surface area contributed by atoms with Crippen LogP contribution in [0.15, 0.2) is 60.7 Å². The number of nitrogens with one attached hydrogen (secondary N) is 2. The van der Waals surface area contributed by atoms with Gasteiger partial charge in [-0.3, -0.25) is 9.89 Å². The molecule has 2 heterocycles. The van der Waals surface area contributed by atoms with Crippen molar-refractivity contribution in [3.63, 3.8) is 0 Å². The van der Waals surface area contributed by atoms with Crippen molar-refractivity contribution in [2.24, 2.45) is 0 Å². The van der Waals surface area contributed by atoms with Crippen LogP contribution in [0.2, 0.25) is 0 Å². The van der Waals surface area contributed by atoms with Gasteiger partial charge in [-0.15, -0.1) is 0 Å². The molecule has 0 spiro atoms. The van der Waals surface area contributed by atoms with E-state index in [1.807, 2.05) is 49.4 Å². The van der Waals surface area contributed by atoms with E-state index in [0.717, 1.165) is 54.3 Å². The van der Waals surface area contributed by atoms with Gasteiger partial charge in [-0.25, -0.2) is 0 Å². The number of ether oxygens (including phenoxy) is 1. The first-order valence-electron chi connectivity index (χ1n) is 10.0. The van der Waals surface area contributed by atoms with Crippen molar-refractivity contribution in [1.82, 2.24) is 15.5 Å². The van der Waals surface area contributed by atoms with Gasteiger partial charge in [-0.05, 0) is 43.0 Å². The predicted octanol–water partition coefficient (Wildman–Crippen LogP) is 3.55. The smallest absolute Gasteiger partial charge is 0.258 e. The molecule has 6 nitrogen and oxygen atoms in total. The third-order valence-corrected chi connectivity index (χ3v) is 5.12. The summed E-state index contributed by atoms with van der Waals surface area (Å²) in [7, 11) is 0. The van der Waals surface area contributed by atoms with Gasteiger partial charge in [0, 0.05) is 25.2 Å². The Morgan fingerprint density at radius 2 is 2.07 bits per heavy atom. The highest BCUT2D eigenvalue weighted by Crippen LogP contribution is 2.24. The van der Waals surface area contributed by atoms with Crippen LogP contribution in [0.4, 0.5) is 5.82 Å². The summed E-state index contributed by atoms with van der Waals surface area (Å²) in [6, 6.07) is 20.0. The van der Waals surface area contributed by atoms with E-state index in [-0.39, 0.29) is 18.6 Å². The Hall–Kier alpha value is -3.28. The van der Waals surface area contributed by atoms with Crippen molar-refractivity contribution >= 4 is 11.7 Å². The molecule has 1 aromatic heterocycles. The van der Waals surface area contributed by atoms with E-state index < -0.39 is 0 Å². The van der Waals surface area contributed by atoms with Gasteiger partial charge in [0.05, 0.1) is 5.69 Å². The average Bonchev–Trinajstić information content (AvgIpc) is 3.24. The van der Waals surface area contributed by atoms with Gasteiger partial charge >= 0.3 is 0 Å². The van der Waals surface area contributed by atoms with Gasteiger partial charge < -0.3 is 15.0 Å². The topological polar surface area (TPSA) is 70.2 Å². The minimum absolute atomic E-state index is 0.0283. The lowest BCUT2D eigenvalue weighted by atomic mass is 10.1. The zero-order chi connectivity index (χ0) is 20.1. The van der Waals surface area contributed by atoms with Crippen LogP contribution in [-0.4, -0.2) is 41.8 Å². The molecular weight excluding hydrogens is 364 g/mol. The van der Waals surface area contributed by atoms with Crippen molar-refractivity contribution in [2.75, 3.05) is 24.6 Å². The summed E-state index contributed by atoms with van der Waals surface area (Å²) in [5.74, 6) is 1.54. The number of H-pyrrole nitrogens is 1. The van der Waals surface area contributed by atoms with E-state index in [4.69, 9.17) is 4.74 Å². The molecule has 1 fully saturated rings. The maximum absolute atomic E-state index is 12.3. The first-order valence-corrected chi connectivity index (χ1v) is 10.0. The number of rotatable bonds is 6. The molecule has 0 saturated carbocycles. The number of carbonyl (C=O) groups is 1. The fraction of sp³-hybridized carbons (Fsp3) is 0.304. The van der Waals surface area contributed by atoms with Crippen LogP contribution in [-0.2, 0) is 4.79 Å². The maximum atomic E-state index is 12.3. The van der Waals surface area contributed by atoms with Crippen molar-refractivity contribution < 1.29 is 9.53 Å². The van der Waals surface area contributed by atoms with E-state index >= 15 is 0 Å². The van der Waals surface area contributed by atoms with Gasteiger partial charge in [0.25, 0.3) is 5.91 Å². The number of amides is 1. The normalized spacial score (nSPS) is 16.4. The summed E-state index contributed by atoms with van der Waals surface area (Å²) in [5.41, 5.74) is 3.22. The van der Waals surface area contributed by atoms with E-state index in [0.29, 0.717) is 0 Å². The summed E-state index contributed by atoms with van der Waals surface area (Å²) in [4.78, 5) is 14.5. The molecule has 6 heteroatoms. The number of aromatic amines is 1. The third kappa shape index (κ3) is 4.96. The lowest BCUT2D eigenvalue weighted by molar-refractivity contribution is -0.123. The molecule has 0 aliphatic carbocycles. The Balaban J connectivity index is 1.31. The summed E-state index contributed by atoms with van der Waals surface area (Å²) in [6.45, 7) is 3.71. The van der Waals surface area contributed by atoms with Gasteiger partial charge in [0.15, 0.2) is 12.4 Å². The second kappa shape index (κ2) is 8.82. The van der Waals surface area contributed by atoms with Crippen LogP contribution in [0.3, 0.4) is 0 Å². The van der Waals surface area contributed by atoms with Crippen LogP contribution >= 0.6 is 0 Å². The van der Waals surface area contributed by atoms with Crippen LogP contribution in [0, 0.1) is 6.92 Å². The molecule has 29 heavy (non-hydrogen) atoms. The van der Waals surface area contributed by atoms with Gasteiger partial charge in [-0.2, -0.15) is 5.10 Å². The quantitative estimate of drug-likeness (QED) is 0.675. The fourth-order valence-corrected chi connectivity index (χ4v) is 3.67. The predicted molar refractivity (Wildman–Crippen MR) is 114 cm³/mol. The molecular formula is C23H26N4O2. The molecule has 1 aliphatic rings. The zero-order valence-electron chi connectivity index (χ0n) is 16.6. The highest BCUT2D eigenvalue weighted by Gasteiger charge is 2.23. The standard InChI is InChI=1S/C23H26N4O2/c1-17-7-5-11-20(13-17)29-16-23(28)24-19-10-6-12-27(15-19)22-14-21(25-26-22)18-8-3-2-4-9-18/h2-5,7-9,11,13-14,19H,6,10,12,15-16H2,1H3,(H,24,28)(H,25,26)/t19-/m1/s1. The van der Waals surface area contributed by atoms with Crippen molar-refractivity contribution in [3.05, 3.63) is 66.2 Å². The average molecular weight is 390 g/mol. The van der Waals surface area contributed by atoms with E-state index in [1.54, 1.807) is 0 Å². The second-order valence-electron chi connectivity index (χ2n) is 7.46. The number of nitrogens with zero attached hydrogens (tertiary/aromatic N) is 2. The van der Waals surface area contributed by atoms with Crippen LogP contribution in [0.25, 0.3) is 11.3 Å². The Bertz CT molecular complexity index is 954. The van der Waals surface area contributed by atoms with Crippen molar-refractivity contribution in [2.45, 2.75) is 25.8 Å². The number of benzene rings is 2. The number of aryl methyl sites for hydroxylation is 1. The molecule has 1 saturated heterocycles. The Kier molecular flexibility index (Phi) is 5.79. The summed E-state index contributed by atoms with van der Waals surface area (Å²) < 4.78 is 5.61. The molecule has 2 aromatic carbocycles. The monoisotopic (exact) mass is 390 g/mol. The lowest BCUT2D eigenvalue weighted by Gasteiger charge is -2.33. The molecule has 3 aromatic rings. The van der Waals surface area contributed by atoms with Crippen molar-refractivity contribution in [1.29, 1.82) is 0 Å². The maximum Gasteiger partial charge on any atom is 0.258 e. The largest absolute Gasteiger partial charge is 0.484 e. The minimum Gasteiger partial charge on any atom is -0.484 e. The Morgan fingerprint density at radius 3 is 2.90 bits per heavy atom. The molecule has 0 radical (unpaired) electrons. The molecule has 2 N–H and O–H groups in total. The number of piperidine rings is 1. The number of aromatic nitrogens is 2. The highest BCUT2D eigenvalue weighted by atomic mass is 16.5. The first kappa shape index (κ1) is 19.1. The van der Waals surface area contributed by atoms with Crippen LogP contribution < -0.4 is 15.0 Å². The number of hydrogen-bond acceptors (Lipinski definition) is 4. The second-order valence-corrected chi connectivity index (χ2v) is 7.46. The van der Waals surface area contributed by atoms with Gasteiger partial charge in [0.1, 0.15) is 5.75 Å². The first-order chi connectivity index (χ1) is 14.2. The Morgan fingerprint density at radius 1 is 1.21 bits per heavy atom. The SMILES string of the molecule is Cc1cccc(OCC(=O)N[C@@H]2CCCN(c3cc(-c4ccccc4)[nH]n3)C2)c1. The molecule has 0 bridgehead atoms. The van der Waals surface area contributed by atoms with Gasteiger partial charge in [-0.1, -0.05) is 42.5 Å². The molecule has 4 rings (SSSR count). The number of anilines is 1. The van der Waals surface area contributed by atoms with Crippen LogP contribution in [0.5, 0.6) is 5.75 Å². The van der Waals surface area contributed by atoms with Gasteiger partial charge in [0.2, 0.25) is 0 Å². The van der Waals surface area contributed by atoms with E-state index in [9.17, 15) is 4.79 Å². The molecule has 0 unspecified atom stereocenters. The van der Waals surface area contributed by atoms with E-state index in [2.05, 4.69) is 38.6 Å². The van der Waals surface area contributed by atoms with Crippen molar-refractivity contribution in [3.8, 4) is 17.0 Å². The molecule has 1 aliphatic heterocycles. The molecule has 150 valence electrons. The summed E-state index contributed by atoms with van der Waals surface area (Å²) in [5, 5.41) is 10.7. The highest BCUT2D eigenvalue weighted by molar-refractivity contribution is 5.78. The minimum atomic E-state index is -0.0923. The number of carbonyl (C=O) groups excluding carboxylic acids is 1. The molecule has 1 amide bonds.